The van der Waals surface area contributed by atoms with E-state index in [0.29, 0.717) is 5.32 Å². The van der Waals surface area contributed by atoms with Crippen LogP contribution < -0.4 is 4.46 Å². The van der Waals surface area contributed by atoms with E-state index in [2.05, 4.69) is 38.0 Å². The Balaban J connectivity index is 1.80. The molecule has 0 saturated carbocycles. The van der Waals surface area contributed by atoms with E-state index in [4.69, 9.17) is 0 Å². The van der Waals surface area contributed by atoms with Crippen molar-refractivity contribution >= 4 is 35.7 Å². The maximum absolute atomic E-state index is 14.1. The van der Waals surface area contributed by atoms with Crippen LogP contribution in [0.1, 0.15) is 39.4 Å². The summed E-state index contributed by atoms with van der Waals surface area (Å²) in [6, 6.07) is 30.4. The Labute approximate surface area is 227 Å². The second-order valence-corrected chi connectivity index (χ2v) is 13.2. The van der Waals surface area contributed by atoms with Crippen LogP contribution >= 0.6 is 0 Å². The molecule has 0 bridgehead atoms. The summed E-state index contributed by atoms with van der Waals surface area (Å²) < 4.78 is 30.8. The Morgan fingerprint density at radius 2 is 1.35 bits per heavy atom. The Bertz CT molecular complexity index is 1450. The van der Waals surface area contributed by atoms with Crippen molar-refractivity contribution in [2.24, 2.45) is 5.10 Å². The summed E-state index contributed by atoms with van der Waals surface area (Å²) in [6.07, 6.45) is 1.64. The number of hydrogen-bond acceptors (Lipinski definition) is 3. The fourth-order valence-electron chi connectivity index (χ4n) is 4.31. The van der Waals surface area contributed by atoms with Gasteiger partial charge in [0.1, 0.15) is 0 Å². The number of aryl methyl sites for hydroxylation is 4. The zero-order chi connectivity index (χ0) is 26.4. The van der Waals surface area contributed by atoms with E-state index in [0.717, 1.165) is 16.7 Å². The zero-order valence-corrected chi connectivity index (χ0v) is 24.2. The molecule has 0 aliphatic heterocycles. The van der Waals surface area contributed by atoms with Gasteiger partial charge >= 0.3 is 228 Å². The van der Waals surface area contributed by atoms with Crippen LogP contribution in [-0.4, -0.2) is 34.0 Å². The molecular weight excluding hydrogens is 543 g/mol. The summed E-state index contributed by atoms with van der Waals surface area (Å²) in [6.45, 7) is 8.34. The van der Waals surface area contributed by atoms with Gasteiger partial charge in [0.2, 0.25) is 0 Å². The average molecular weight is 576 g/mol. The topological polar surface area (TPSA) is 49.7 Å². The molecule has 6 heteroatoms. The van der Waals surface area contributed by atoms with E-state index >= 15 is 0 Å². The van der Waals surface area contributed by atoms with Crippen LogP contribution in [-0.2, 0) is 10.0 Å². The van der Waals surface area contributed by atoms with E-state index in [9.17, 15) is 8.42 Å². The first-order valence-corrected chi connectivity index (χ1v) is 15.7. The molecule has 1 atom stereocenters. The number of sulfonamides is 1. The van der Waals surface area contributed by atoms with E-state index in [1.807, 2.05) is 79.7 Å². The van der Waals surface area contributed by atoms with Gasteiger partial charge in [-0.25, -0.2) is 0 Å². The Morgan fingerprint density at radius 3 is 1.95 bits per heavy atom. The van der Waals surface area contributed by atoms with Gasteiger partial charge in [0.15, 0.2) is 0 Å². The van der Waals surface area contributed by atoms with Crippen LogP contribution in [0.25, 0.3) is 0 Å². The Kier molecular flexibility index (Phi) is 8.65. The van der Waals surface area contributed by atoms with Gasteiger partial charge in [0, 0.05) is 0 Å². The molecule has 4 nitrogen and oxygen atoms in total. The van der Waals surface area contributed by atoms with Crippen LogP contribution in [0.2, 0.25) is 5.32 Å². The van der Waals surface area contributed by atoms with Crippen molar-refractivity contribution in [3.63, 3.8) is 0 Å². The first kappa shape index (κ1) is 26.9. The summed E-state index contributed by atoms with van der Waals surface area (Å²) in [5.74, 6) is 0. The number of benzene rings is 4. The van der Waals surface area contributed by atoms with Crippen molar-refractivity contribution in [2.45, 2.75) is 44.0 Å². The second-order valence-electron chi connectivity index (χ2n) is 9.21. The third-order valence-corrected chi connectivity index (χ3v) is 10.8. The molecule has 0 saturated heterocycles. The number of hydrogen-bond donors (Lipinski definition) is 0. The molecule has 0 amide bonds. The standard InChI is InChI=1S/C31H32N2O2SSe/c1-23-15-17-29(18-16-23)36(34,35)33(32-21-27-11-7-5-8-12-27)30(28-13-9-6-10-14-28)22-37-31-25(3)19-24(2)20-26(31)4/h5-21,30H,22H2,1-4H3. The van der Waals surface area contributed by atoms with Gasteiger partial charge in [-0.1, -0.05) is 0 Å². The van der Waals surface area contributed by atoms with Crippen molar-refractivity contribution in [3.05, 3.63) is 130 Å². The molecule has 4 aromatic carbocycles. The summed E-state index contributed by atoms with van der Waals surface area (Å²) in [7, 11) is -3.92. The first-order valence-electron chi connectivity index (χ1n) is 12.2. The fourth-order valence-corrected chi connectivity index (χ4v) is 8.51. The monoisotopic (exact) mass is 576 g/mol. The van der Waals surface area contributed by atoms with Gasteiger partial charge in [-0.05, 0) is 0 Å². The third kappa shape index (κ3) is 6.58. The number of nitrogens with zero attached hydrogens (tertiary/aromatic N) is 2. The van der Waals surface area contributed by atoms with Crippen LogP contribution in [0.4, 0.5) is 0 Å². The SMILES string of the molecule is Cc1ccc(S(=O)(=O)N(N=Cc2ccccc2)C(C[Se]c2c(C)cc(C)cc2C)c2ccccc2)cc1. The predicted octanol–water partition coefficient (Wildman–Crippen LogP) is 6.13. The van der Waals surface area contributed by atoms with Crippen molar-refractivity contribution in [3.8, 4) is 0 Å². The van der Waals surface area contributed by atoms with Crippen LogP contribution in [0.15, 0.2) is 107 Å². The number of hydrazone groups is 1. The van der Waals surface area contributed by atoms with Crippen molar-refractivity contribution < 1.29 is 8.42 Å². The van der Waals surface area contributed by atoms with Gasteiger partial charge in [-0.2, -0.15) is 0 Å². The third-order valence-electron chi connectivity index (χ3n) is 6.13. The molecule has 37 heavy (non-hydrogen) atoms. The van der Waals surface area contributed by atoms with Gasteiger partial charge in [0.05, 0.1) is 0 Å². The maximum atomic E-state index is 14.1. The molecule has 0 aliphatic carbocycles. The minimum atomic E-state index is -3.92. The van der Waals surface area contributed by atoms with Gasteiger partial charge < -0.3 is 0 Å². The van der Waals surface area contributed by atoms with Gasteiger partial charge in [-0.15, -0.1) is 0 Å². The molecule has 0 heterocycles. The van der Waals surface area contributed by atoms with Gasteiger partial charge in [-0.3, -0.25) is 0 Å². The zero-order valence-electron chi connectivity index (χ0n) is 21.6. The van der Waals surface area contributed by atoms with Crippen LogP contribution in [0.5, 0.6) is 0 Å². The van der Waals surface area contributed by atoms with Crippen LogP contribution in [0.3, 0.4) is 0 Å². The van der Waals surface area contributed by atoms with Gasteiger partial charge in [0.25, 0.3) is 0 Å². The molecule has 190 valence electrons. The molecular formula is C31H32N2O2SSe. The van der Waals surface area contributed by atoms with E-state index in [1.165, 1.54) is 25.6 Å². The van der Waals surface area contributed by atoms with Crippen molar-refractivity contribution in [2.75, 3.05) is 0 Å². The second kappa shape index (κ2) is 11.9. The quantitative estimate of drug-likeness (QED) is 0.137. The summed E-state index contributed by atoms with van der Waals surface area (Å²) in [5, 5.41) is 5.29. The molecule has 0 fully saturated rings. The minimum absolute atomic E-state index is 0.0334. The van der Waals surface area contributed by atoms with Crippen molar-refractivity contribution in [1.82, 2.24) is 4.41 Å². The molecule has 1 unspecified atom stereocenters. The predicted molar refractivity (Wildman–Crippen MR) is 154 cm³/mol. The molecule has 4 aromatic rings. The van der Waals surface area contributed by atoms with E-state index < -0.39 is 16.1 Å². The first-order chi connectivity index (χ1) is 17.8. The summed E-state index contributed by atoms with van der Waals surface area (Å²) in [5.41, 5.74) is 6.52. The molecule has 0 aliphatic rings. The molecule has 0 N–H and O–H groups in total. The summed E-state index contributed by atoms with van der Waals surface area (Å²) >= 11 is 0.0334. The normalized spacial score (nSPS) is 12.5. The molecule has 4 rings (SSSR count). The fraction of sp³-hybridized carbons (Fsp3) is 0.194. The van der Waals surface area contributed by atoms with E-state index in [-0.39, 0.29) is 19.9 Å². The molecule has 0 spiro atoms. The number of rotatable bonds is 9. The summed E-state index contributed by atoms with van der Waals surface area (Å²) in [4.78, 5) is 0.236. The Hall–Kier alpha value is -3.18. The van der Waals surface area contributed by atoms with Crippen LogP contribution in [0, 0.1) is 27.7 Å². The van der Waals surface area contributed by atoms with E-state index in [1.54, 1.807) is 18.3 Å². The average Bonchev–Trinajstić information content (AvgIpc) is 2.88. The molecule has 0 radical (unpaired) electrons. The molecule has 0 aromatic heterocycles. The Morgan fingerprint density at radius 1 is 0.784 bits per heavy atom. The van der Waals surface area contributed by atoms with Crippen molar-refractivity contribution in [1.29, 1.82) is 0 Å².